The van der Waals surface area contributed by atoms with E-state index >= 15 is 0 Å². The van der Waals surface area contributed by atoms with Crippen molar-refractivity contribution in [3.63, 3.8) is 0 Å². The molecule has 3 amide bonds. The van der Waals surface area contributed by atoms with Crippen LogP contribution in [0, 0.1) is 0 Å². The summed E-state index contributed by atoms with van der Waals surface area (Å²) < 4.78 is 11.1. The lowest BCUT2D eigenvalue weighted by atomic mass is 10.2. The van der Waals surface area contributed by atoms with E-state index in [-0.39, 0.29) is 37.6 Å². The van der Waals surface area contributed by atoms with Crippen LogP contribution in [0.5, 0.6) is 11.5 Å². The highest BCUT2D eigenvalue weighted by Crippen LogP contribution is 2.36. The Bertz CT molecular complexity index is 1130. The van der Waals surface area contributed by atoms with Crippen LogP contribution in [-0.2, 0) is 9.59 Å². The molecule has 0 aliphatic carbocycles. The Morgan fingerprint density at radius 3 is 2.66 bits per heavy atom. The van der Waals surface area contributed by atoms with Gasteiger partial charge >= 0.3 is 0 Å². The number of anilines is 1. The van der Waals surface area contributed by atoms with Gasteiger partial charge in [-0.1, -0.05) is 30.0 Å². The molecule has 0 radical (unpaired) electrons. The fourth-order valence-electron chi connectivity index (χ4n) is 3.14. The number of thioether (sulfide) groups is 1. The molecule has 164 valence electrons. The van der Waals surface area contributed by atoms with E-state index in [1.165, 1.54) is 23.6 Å². The van der Waals surface area contributed by atoms with Gasteiger partial charge in [0.25, 0.3) is 11.8 Å². The fraction of sp³-hybridized carbons (Fsp3) is 0.182. The minimum atomic E-state index is -0.277. The minimum Gasteiger partial charge on any atom is -0.454 e. The summed E-state index contributed by atoms with van der Waals surface area (Å²) >= 11 is 6.57. The Morgan fingerprint density at radius 2 is 1.91 bits per heavy atom. The molecule has 2 N–H and O–H groups in total. The predicted octanol–water partition coefficient (Wildman–Crippen LogP) is 3.00. The smallest absolute Gasteiger partial charge is 0.266 e. The second kappa shape index (κ2) is 9.41. The third kappa shape index (κ3) is 4.92. The summed E-state index contributed by atoms with van der Waals surface area (Å²) in [5, 5.41) is 5.43. The molecular weight excluding hydrogens is 450 g/mol. The molecular formula is C22H19N3O5S2. The van der Waals surface area contributed by atoms with Crippen LogP contribution in [0.3, 0.4) is 0 Å². The Labute approximate surface area is 193 Å². The number of fused-ring (bicyclic) bond motifs is 1. The van der Waals surface area contributed by atoms with Crippen molar-refractivity contribution in [1.82, 2.24) is 10.2 Å². The summed E-state index contributed by atoms with van der Waals surface area (Å²) in [4.78, 5) is 38.2. The number of nitrogens with zero attached hydrogens (tertiary/aromatic N) is 1. The molecule has 2 aromatic carbocycles. The Hall–Kier alpha value is -3.37. The lowest BCUT2D eigenvalue weighted by molar-refractivity contribution is -0.122. The molecule has 2 aromatic rings. The lowest BCUT2D eigenvalue weighted by Gasteiger charge is -2.15. The first kappa shape index (κ1) is 21.8. The van der Waals surface area contributed by atoms with E-state index < -0.39 is 0 Å². The molecule has 10 heteroatoms. The summed E-state index contributed by atoms with van der Waals surface area (Å²) in [5.41, 5.74) is 1.87. The zero-order chi connectivity index (χ0) is 22.7. The van der Waals surface area contributed by atoms with Gasteiger partial charge in [-0.2, -0.15) is 0 Å². The topological polar surface area (TPSA) is 97.0 Å². The zero-order valence-electron chi connectivity index (χ0n) is 17.0. The second-order valence-electron chi connectivity index (χ2n) is 6.96. The van der Waals surface area contributed by atoms with E-state index in [1.807, 2.05) is 12.1 Å². The molecule has 2 heterocycles. The maximum Gasteiger partial charge on any atom is 0.266 e. The number of ether oxygens (including phenoxy) is 2. The monoisotopic (exact) mass is 469 g/mol. The average molecular weight is 470 g/mol. The van der Waals surface area contributed by atoms with Gasteiger partial charge in [-0.15, -0.1) is 0 Å². The minimum absolute atomic E-state index is 0.182. The van der Waals surface area contributed by atoms with Crippen molar-refractivity contribution in [3.05, 3.63) is 58.5 Å². The standard InChI is InChI=1S/C22H19N3O5S2/c1-13(26)24-16-5-3-15(4-6-16)20(27)23-8-9-25-21(28)19(32-22(25)31)11-14-2-7-17-18(10-14)30-12-29-17/h2-7,10-11H,8-9,12H2,1H3,(H,23,27)(H,24,26). The molecule has 2 aliphatic heterocycles. The Kier molecular flexibility index (Phi) is 6.42. The zero-order valence-corrected chi connectivity index (χ0v) is 18.7. The summed E-state index contributed by atoms with van der Waals surface area (Å²) in [6.45, 7) is 2.11. The normalized spacial score (nSPS) is 15.9. The number of carbonyl (C=O) groups is 3. The summed E-state index contributed by atoms with van der Waals surface area (Å²) in [5.74, 6) is 0.655. The maximum absolute atomic E-state index is 12.8. The molecule has 8 nitrogen and oxygen atoms in total. The molecule has 0 unspecified atom stereocenters. The molecule has 32 heavy (non-hydrogen) atoms. The van der Waals surface area contributed by atoms with E-state index in [1.54, 1.807) is 36.4 Å². The molecule has 0 aromatic heterocycles. The van der Waals surface area contributed by atoms with Gasteiger partial charge in [-0.05, 0) is 48.0 Å². The molecule has 4 rings (SSSR count). The third-order valence-electron chi connectivity index (χ3n) is 4.66. The highest BCUT2D eigenvalue weighted by Gasteiger charge is 2.31. The molecule has 0 spiro atoms. The van der Waals surface area contributed by atoms with E-state index in [4.69, 9.17) is 21.7 Å². The first-order valence-electron chi connectivity index (χ1n) is 9.71. The number of hydrogen-bond acceptors (Lipinski definition) is 7. The van der Waals surface area contributed by atoms with Crippen molar-refractivity contribution in [2.45, 2.75) is 6.92 Å². The average Bonchev–Trinajstić information content (AvgIpc) is 3.33. The van der Waals surface area contributed by atoms with E-state index in [2.05, 4.69) is 10.6 Å². The van der Waals surface area contributed by atoms with Crippen molar-refractivity contribution in [2.24, 2.45) is 0 Å². The summed E-state index contributed by atoms with van der Waals surface area (Å²) in [7, 11) is 0. The van der Waals surface area contributed by atoms with E-state index in [9.17, 15) is 14.4 Å². The third-order valence-corrected chi connectivity index (χ3v) is 6.03. The number of carbonyl (C=O) groups excluding carboxylic acids is 3. The van der Waals surface area contributed by atoms with Gasteiger partial charge in [-0.25, -0.2) is 0 Å². The number of thiocarbonyl (C=S) groups is 1. The van der Waals surface area contributed by atoms with Crippen molar-refractivity contribution < 1.29 is 23.9 Å². The van der Waals surface area contributed by atoms with Gasteiger partial charge in [0.15, 0.2) is 11.5 Å². The van der Waals surface area contributed by atoms with Gasteiger partial charge in [0.2, 0.25) is 12.7 Å². The number of rotatable bonds is 6. The van der Waals surface area contributed by atoms with Crippen LogP contribution in [0.25, 0.3) is 6.08 Å². The molecule has 0 atom stereocenters. The number of amides is 3. The van der Waals surface area contributed by atoms with Crippen molar-refractivity contribution >= 4 is 57.8 Å². The number of benzene rings is 2. The maximum atomic E-state index is 12.8. The first-order valence-corrected chi connectivity index (χ1v) is 10.9. The highest BCUT2D eigenvalue weighted by atomic mass is 32.2. The molecule has 1 fully saturated rings. The van der Waals surface area contributed by atoms with Gasteiger partial charge < -0.3 is 20.1 Å². The van der Waals surface area contributed by atoms with Gasteiger partial charge in [0, 0.05) is 31.3 Å². The van der Waals surface area contributed by atoms with E-state index in [0.29, 0.717) is 32.0 Å². The van der Waals surface area contributed by atoms with Crippen LogP contribution >= 0.6 is 24.0 Å². The number of hydrogen-bond donors (Lipinski definition) is 2. The molecule has 2 aliphatic rings. The van der Waals surface area contributed by atoms with Crippen molar-refractivity contribution in [3.8, 4) is 11.5 Å². The van der Waals surface area contributed by atoms with Crippen LogP contribution in [-0.4, -0.2) is 46.8 Å². The quantitative estimate of drug-likeness (QED) is 0.496. The first-order chi connectivity index (χ1) is 15.4. The Balaban J connectivity index is 1.33. The lowest BCUT2D eigenvalue weighted by Crippen LogP contribution is -2.37. The molecule has 0 bridgehead atoms. The van der Waals surface area contributed by atoms with Crippen LogP contribution < -0.4 is 20.1 Å². The van der Waals surface area contributed by atoms with Crippen LogP contribution in [0.4, 0.5) is 5.69 Å². The summed E-state index contributed by atoms with van der Waals surface area (Å²) in [6.07, 6.45) is 1.76. The van der Waals surface area contributed by atoms with Crippen molar-refractivity contribution in [1.29, 1.82) is 0 Å². The largest absolute Gasteiger partial charge is 0.454 e. The summed E-state index contributed by atoms with van der Waals surface area (Å²) in [6, 6.07) is 12.0. The van der Waals surface area contributed by atoms with Crippen LogP contribution in [0.15, 0.2) is 47.4 Å². The Morgan fingerprint density at radius 1 is 1.16 bits per heavy atom. The molecule has 1 saturated heterocycles. The predicted molar refractivity (Wildman–Crippen MR) is 126 cm³/mol. The van der Waals surface area contributed by atoms with Gasteiger partial charge in [-0.3, -0.25) is 19.3 Å². The fourth-order valence-corrected chi connectivity index (χ4v) is 4.45. The van der Waals surface area contributed by atoms with Gasteiger partial charge in [0.05, 0.1) is 4.91 Å². The second-order valence-corrected chi connectivity index (χ2v) is 8.64. The van der Waals surface area contributed by atoms with Gasteiger partial charge in [0.1, 0.15) is 4.32 Å². The highest BCUT2D eigenvalue weighted by molar-refractivity contribution is 8.26. The van der Waals surface area contributed by atoms with Crippen molar-refractivity contribution in [2.75, 3.05) is 25.2 Å². The SMILES string of the molecule is CC(=O)Nc1ccc(C(=O)NCCN2C(=O)C(=Cc3ccc4c(c3)OCO4)SC2=S)cc1. The van der Waals surface area contributed by atoms with Crippen LogP contribution in [0.1, 0.15) is 22.8 Å². The van der Waals surface area contributed by atoms with Crippen LogP contribution in [0.2, 0.25) is 0 Å². The molecule has 0 saturated carbocycles. The van der Waals surface area contributed by atoms with E-state index in [0.717, 1.165) is 5.56 Å². The number of nitrogens with one attached hydrogen (secondary N) is 2.